The van der Waals surface area contributed by atoms with E-state index in [-0.39, 0.29) is 11.8 Å². The second kappa shape index (κ2) is 5.44. The number of carbonyl (C=O) groups is 1. The van der Waals surface area contributed by atoms with Crippen molar-refractivity contribution in [3.8, 4) is 0 Å². The van der Waals surface area contributed by atoms with Crippen LogP contribution in [-0.2, 0) is 0 Å². The van der Waals surface area contributed by atoms with Crippen molar-refractivity contribution in [1.29, 1.82) is 0 Å². The van der Waals surface area contributed by atoms with Crippen LogP contribution in [0.25, 0.3) is 0 Å². The molecule has 1 aliphatic rings. The summed E-state index contributed by atoms with van der Waals surface area (Å²) in [5.41, 5.74) is 0.512. The SMILES string of the molecule is CC(C)c1nccc(C(=O)N2CCN(C)CC2)n1. The van der Waals surface area contributed by atoms with E-state index in [2.05, 4.69) is 21.9 Å². The normalized spacial score (nSPS) is 17.2. The van der Waals surface area contributed by atoms with Gasteiger partial charge in [0, 0.05) is 38.3 Å². The molecule has 0 spiro atoms. The molecule has 1 amide bonds. The Morgan fingerprint density at radius 1 is 1.28 bits per heavy atom. The van der Waals surface area contributed by atoms with Crippen LogP contribution in [0.3, 0.4) is 0 Å². The zero-order valence-corrected chi connectivity index (χ0v) is 11.3. The molecule has 2 heterocycles. The van der Waals surface area contributed by atoms with Crippen molar-refractivity contribution in [2.24, 2.45) is 0 Å². The first-order valence-corrected chi connectivity index (χ1v) is 6.38. The van der Waals surface area contributed by atoms with Crippen LogP contribution in [0.2, 0.25) is 0 Å². The second-order valence-electron chi connectivity index (χ2n) is 5.05. The van der Waals surface area contributed by atoms with E-state index < -0.39 is 0 Å². The van der Waals surface area contributed by atoms with Crippen LogP contribution in [0, 0.1) is 0 Å². The molecule has 1 aliphatic heterocycles. The van der Waals surface area contributed by atoms with Gasteiger partial charge in [0.15, 0.2) is 0 Å². The Balaban J connectivity index is 2.11. The van der Waals surface area contributed by atoms with Crippen LogP contribution in [0.5, 0.6) is 0 Å². The number of piperazine rings is 1. The fraction of sp³-hybridized carbons (Fsp3) is 0.615. The van der Waals surface area contributed by atoms with E-state index in [9.17, 15) is 4.79 Å². The number of hydrogen-bond acceptors (Lipinski definition) is 4. The molecule has 0 radical (unpaired) electrons. The third kappa shape index (κ3) is 2.85. The van der Waals surface area contributed by atoms with Gasteiger partial charge in [0.1, 0.15) is 11.5 Å². The Labute approximate surface area is 108 Å². The van der Waals surface area contributed by atoms with Crippen molar-refractivity contribution in [2.75, 3.05) is 33.2 Å². The third-order valence-electron chi connectivity index (χ3n) is 3.20. The van der Waals surface area contributed by atoms with Gasteiger partial charge in [-0.25, -0.2) is 9.97 Å². The van der Waals surface area contributed by atoms with Gasteiger partial charge in [0.25, 0.3) is 5.91 Å². The average molecular weight is 248 g/mol. The molecule has 1 aromatic rings. The van der Waals surface area contributed by atoms with E-state index in [1.165, 1.54) is 0 Å². The number of aromatic nitrogens is 2. The topological polar surface area (TPSA) is 49.3 Å². The first-order valence-electron chi connectivity index (χ1n) is 6.38. The standard InChI is InChI=1S/C13H20N4O/c1-10(2)12-14-5-4-11(15-12)13(18)17-8-6-16(3)7-9-17/h4-5,10H,6-9H2,1-3H3. The summed E-state index contributed by atoms with van der Waals surface area (Å²) in [5.74, 6) is 0.993. The quantitative estimate of drug-likeness (QED) is 0.783. The Morgan fingerprint density at radius 3 is 2.56 bits per heavy atom. The highest BCUT2D eigenvalue weighted by Crippen LogP contribution is 2.10. The minimum absolute atomic E-state index is 0.0207. The summed E-state index contributed by atoms with van der Waals surface area (Å²) in [4.78, 5) is 24.9. The number of nitrogens with zero attached hydrogens (tertiary/aromatic N) is 4. The molecule has 98 valence electrons. The third-order valence-corrected chi connectivity index (χ3v) is 3.20. The number of amides is 1. The lowest BCUT2D eigenvalue weighted by atomic mass is 10.2. The summed E-state index contributed by atoms with van der Waals surface area (Å²) < 4.78 is 0. The molecule has 18 heavy (non-hydrogen) atoms. The van der Waals surface area contributed by atoms with E-state index in [1.807, 2.05) is 18.7 Å². The lowest BCUT2D eigenvalue weighted by Crippen LogP contribution is -2.47. The Hall–Kier alpha value is -1.49. The van der Waals surface area contributed by atoms with Crippen LogP contribution in [0.4, 0.5) is 0 Å². The Bertz CT molecular complexity index is 425. The zero-order chi connectivity index (χ0) is 13.1. The summed E-state index contributed by atoms with van der Waals surface area (Å²) in [6, 6.07) is 1.70. The van der Waals surface area contributed by atoms with E-state index in [0.29, 0.717) is 5.69 Å². The van der Waals surface area contributed by atoms with Gasteiger partial charge in [-0.2, -0.15) is 0 Å². The fourth-order valence-electron chi connectivity index (χ4n) is 1.94. The van der Waals surface area contributed by atoms with E-state index in [1.54, 1.807) is 12.3 Å². The molecule has 2 rings (SSSR count). The summed E-state index contributed by atoms with van der Waals surface area (Å²) in [5, 5.41) is 0. The molecule has 0 N–H and O–H groups in total. The number of hydrogen-bond donors (Lipinski definition) is 0. The van der Waals surface area contributed by atoms with Crippen LogP contribution in [0.1, 0.15) is 36.1 Å². The van der Waals surface area contributed by atoms with E-state index >= 15 is 0 Å². The highest BCUT2D eigenvalue weighted by atomic mass is 16.2. The summed E-state index contributed by atoms with van der Waals surface area (Å²) in [6.07, 6.45) is 1.67. The van der Waals surface area contributed by atoms with Gasteiger partial charge in [-0.05, 0) is 13.1 Å². The minimum Gasteiger partial charge on any atom is -0.335 e. The van der Waals surface area contributed by atoms with Gasteiger partial charge in [-0.3, -0.25) is 4.79 Å². The summed E-state index contributed by atoms with van der Waals surface area (Å²) in [7, 11) is 2.07. The molecule has 5 nitrogen and oxygen atoms in total. The van der Waals surface area contributed by atoms with Crippen molar-refractivity contribution in [3.05, 3.63) is 23.8 Å². The molecule has 1 fully saturated rings. The predicted octanol–water partition coefficient (Wildman–Crippen LogP) is 0.988. The maximum atomic E-state index is 12.3. The van der Waals surface area contributed by atoms with Gasteiger partial charge >= 0.3 is 0 Å². The highest BCUT2D eigenvalue weighted by Gasteiger charge is 2.21. The van der Waals surface area contributed by atoms with Crippen LogP contribution >= 0.6 is 0 Å². The number of carbonyl (C=O) groups excluding carboxylic acids is 1. The number of likely N-dealkylation sites (N-methyl/N-ethyl adjacent to an activating group) is 1. The van der Waals surface area contributed by atoms with Crippen molar-refractivity contribution < 1.29 is 4.79 Å². The molecule has 5 heteroatoms. The molecule has 0 unspecified atom stereocenters. The molecule has 1 aromatic heterocycles. The maximum Gasteiger partial charge on any atom is 0.272 e. The lowest BCUT2D eigenvalue weighted by Gasteiger charge is -2.32. The molecular weight excluding hydrogens is 228 g/mol. The van der Waals surface area contributed by atoms with Crippen LogP contribution in [-0.4, -0.2) is 58.9 Å². The molecule has 0 bridgehead atoms. The maximum absolute atomic E-state index is 12.3. The number of rotatable bonds is 2. The largest absolute Gasteiger partial charge is 0.335 e. The van der Waals surface area contributed by atoms with E-state index in [0.717, 1.165) is 32.0 Å². The predicted molar refractivity (Wildman–Crippen MR) is 69.5 cm³/mol. The van der Waals surface area contributed by atoms with E-state index in [4.69, 9.17) is 0 Å². The zero-order valence-electron chi connectivity index (χ0n) is 11.3. The molecule has 1 saturated heterocycles. The molecule has 0 saturated carbocycles. The molecule has 0 atom stereocenters. The average Bonchev–Trinajstić information content (AvgIpc) is 2.39. The van der Waals surface area contributed by atoms with Crippen LogP contribution in [0.15, 0.2) is 12.3 Å². The molecular formula is C13H20N4O. The minimum atomic E-state index is 0.0207. The van der Waals surface area contributed by atoms with Gasteiger partial charge in [0.05, 0.1) is 0 Å². The Kier molecular flexibility index (Phi) is 3.91. The molecule has 0 aromatic carbocycles. The lowest BCUT2D eigenvalue weighted by molar-refractivity contribution is 0.0657. The molecule has 0 aliphatic carbocycles. The van der Waals surface area contributed by atoms with Gasteiger partial charge < -0.3 is 9.80 Å². The van der Waals surface area contributed by atoms with Crippen molar-refractivity contribution in [3.63, 3.8) is 0 Å². The second-order valence-corrected chi connectivity index (χ2v) is 5.05. The fourth-order valence-corrected chi connectivity index (χ4v) is 1.94. The van der Waals surface area contributed by atoms with Crippen molar-refractivity contribution in [1.82, 2.24) is 19.8 Å². The highest BCUT2D eigenvalue weighted by molar-refractivity contribution is 5.92. The summed E-state index contributed by atoms with van der Waals surface area (Å²) in [6.45, 7) is 7.45. The smallest absolute Gasteiger partial charge is 0.272 e. The van der Waals surface area contributed by atoms with Crippen molar-refractivity contribution in [2.45, 2.75) is 19.8 Å². The van der Waals surface area contributed by atoms with Crippen molar-refractivity contribution >= 4 is 5.91 Å². The Morgan fingerprint density at radius 2 is 1.94 bits per heavy atom. The first-order chi connectivity index (χ1) is 8.58. The summed E-state index contributed by atoms with van der Waals surface area (Å²) >= 11 is 0. The van der Waals surface area contributed by atoms with Gasteiger partial charge in [-0.15, -0.1) is 0 Å². The van der Waals surface area contributed by atoms with Gasteiger partial charge in [-0.1, -0.05) is 13.8 Å². The van der Waals surface area contributed by atoms with Gasteiger partial charge in [0.2, 0.25) is 0 Å². The van der Waals surface area contributed by atoms with Crippen LogP contribution < -0.4 is 0 Å². The monoisotopic (exact) mass is 248 g/mol. The first kappa shape index (κ1) is 13.0.